The van der Waals surface area contributed by atoms with Gasteiger partial charge in [0.25, 0.3) is 5.91 Å². The Labute approximate surface area is 142 Å². The van der Waals surface area contributed by atoms with Crippen LogP contribution in [0.2, 0.25) is 0 Å². The van der Waals surface area contributed by atoms with E-state index in [4.69, 9.17) is 4.74 Å². The van der Waals surface area contributed by atoms with Crippen molar-refractivity contribution in [2.45, 2.75) is 12.5 Å². The van der Waals surface area contributed by atoms with Crippen LogP contribution in [0.4, 0.5) is 10.1 Å². The number of ether oxygens (including phenoxy) is 1. The molecule has 1 aliphatic heterocycles. The summed E-state index contributed by atoms with van der Waals surface area (Å²) in [6, 6.07) is 7.76. The van der Waals surface area contributed by atoms with Gasteiger partial charge in [0, 0.05) is 18.4 Å². The lowest BCUT2D eigenvalue weighted by Crippen LogP contribution is -2.12. The molecule has 0 aliphatic carbocycles. The molecular formula is C17H16FN5O2. The lowest BCUT2D eigenvalue weighted by Gasteiger charge is -2.06. The van der Waals surface area contributed by atoms with E-state index in [1.54, 1.807) is 35.3 Å². The van der Waals surface area contributed by atoms with Crippen LogP contribution in [0.3, 0.4) is 0 Å². The van der Waals surface area contributed by atoms with Crippen LogP contribution in [-0.2, 0) is 4.74 Å². The van der Waals surface area contributed by atoms with Gasteiger partial charge in [-0.05, 0) is 36.8 Å². The standard InChI is InChI=1S/C17H16FN5O2/c18-12-3-1-11(2-4-12)15-7-16(22-21-15)17(24)20-13-8-19-23(9-13)14-5-6-25-10-14/h1-4,7-9,14H,5-6,10H2,(H,20,24)(H,21,22)/t14-/m1/s1. The predicted octanol–water partition coefficient (Wildman–Crippen LogP) is 2.63. The Bertz CT molecular complexity index is 881. The molecule has 2 aromatic heterocycles. The maximum absolute atomic E-state index is 13.0. The smallest absolute Gasteiger partial charge is 0.273 e. The summed E-state index contributed by atoms with van der Waals surface area (Å²) in [7, 11) is 0. The molecule has 0 saturated carbocycles. The molecule has 4 rings (SSSR count). The lowest BCUT2D eigenvalue weighted by atomic mass is 10.1. The Kier molecular flexibility index (Phi) is 4.02. The summed E-state index contributed by atoms with van der Waals surface area (Å²) in [5, 5.41) is 13.8. The van der Waals surface area contributed by atoms with Gasteiger partial charge >= 0.3 is 0 Å². The monoisotopic (exact) mass is 341 g/mol. The molecule has 25 heavy (non-hydrogen) atoms. The number of anilines is 1. The van der Waals surface area contributed by atoms with E-state index in [1.807, 2.05) is 0 Å². The minimum absolute atomic E-state index is 0.211. The van der Waals surface area contributed by atoms with Crippen molar-refractivity contribution in [3.05, 3.63) is 54.2 Å². The highest BCUT2D eigenvalue weighted by atomic mass is 19.1. The van der Waals surface area contributed by atoms with Gasteiger partial charge in [-0.3, -0.25) is 14.6 Å². The van der Waals surface area contributed by atoms with Crippen LogP contribution < -0.4 is 5.32 Å². The number of carbonyl (C=O) groups excluding carboxylic acids is 1. The van der Waals surface area contributed by atoms with Gasteiger partial charge in [-0.1, -0.05) is 0 Å². The number of carbonyl (C=O) groups is 1. The summed E-state index contributed by atoms with van der Waals surface area (Å²) in [5.74, 6) is -0.634. The van der Waals surface area contributed by atoms with Crippen LogP contribution in [0.5, 0.6) is 0 Å². The zero-order valence-corrected chi connectivity index (χ0v) is 13.3. The highest BCUT2D eigenvalue weighted by Gasteiger charge is 2.19. The Morgan fingerprint density at radius 2 is 2.20 bits per heavy atom. The van der Waals surface area contributed by atoms with Crippen molar-refractivity contribution in [3.63, 3.8) is 0 Å². The van der Waals surface area contributed by atoms with E-state index in [0.717, 1.165) is 18.6 Å². The number of hydrogen-bond acceptors (Lipinski definition) is 4. The largest absolute Gasteiger partial charge is 0.379 e. The fraction of sp³-hybridized carbons (Fsp3) is 0.235. The summed E-state index contributed by atoms with van der Waals surface area (Å²) < 4.78 is 20.1. The molecule has 3 heterocycles. The molecule has 7 nitrogen and oxygen atoms in total. The number of H-pyrrole nitrogens is 1. The van der Waals surface area contributed by atoms with Crippen molar-refractivity contribution in [2.24, 2.45) is 0 Å². The van der Waals surface area contributed by atoms with Crippen LogP contribution >= 0.6 is 0 Å². The first-order valence-corrected chi connectivity index (χ1v) is 7.93. The van der Waals surface area contributed by atoms with Crippen molar-refractivity contribution in [1.29, 1.82) is 0 Å². The number of aromatic nitrogens is 4. The van der Waals surface area contributed by atoms with Gasteiger partial charge in [0.05, 0.1) is 30.2 Å². The van der Waals surface area contributed by atoms with E-state index in [9.17, 15) is 9.18 Å². The van der Waals surface area contributed by atoms with Gasteiger partial charge in [0.2, 0.25) is 0 Å². The van der Waals surface area contributed by atoms with E-state index in [1.165, 1.54) is 12.1 Å². The molecule has 0 radical (unpaired) electrons. The fourth-order valence-corrected chi connectivity index (χ4v) is 2.74. The summed E-state index contributed by atoms with van der Waals surface area (Å²) >= 11 is 0. The number of rotatable bonds is 4. The minimum atomic E-state index is -0.318. The molecule has 128 valence electrons. The zero-order chi connectivity index (χ0) is 17.2. The second kappa shape index (κ2) is 6.48. The molecule has 1 aliphatic rings. The van der Waals surface area contributed by atoms with Gasteiger partial charge in [0.15, 0.2) is 0 Å². The topological polar surface area (TPSA) is 84.8 Å². The molecule has 0 bridgehead atoms. The Balaban J connectivity index is 1.45. The van der Waals surface area contributed by atoms with Crippen LogP contribution in [0.15, 0.2) is 42.7 Å². The maximum atomic E-state index is 13.0. The van der Waals surface area contributed by atoms with E-state index < -0.39 is 0 Å². The number of benzene rings is 1. The number of hydrogen-bond donors (Lipinski definition) is 2. The predicted molar refractivity (Wildman–Crippen MR) is 88.6 cm³/mol. The second-order valence-electron chi connectivity index (χ2n) is 5.85. The molecule has 0 spiro atoms. The van der Waals surface area contributed by atoms with Gasteiger partial charge < -0.3 is 10.1 Å². The summed E-state index contributed by atoms with van der Waals surface area (Å²) in [5.41, 5.74) is 2.22. The van der Waals surface area contributed by atoms with Crippen LogP contribution in [0, 0.1) is 5.82 Å². The zero-order valence-electron chi connectivity index (χ0n) is 13.3. The van der Waals surface area contributed by atoms with Crippen LogP contribution in [0.1, 0.15) is 23.0 Å². The highest BCUT2D eigenvalue weighted by molar-refractivity contribution is 6.03. The van der Waals surface area contributed by atoms with Crippen LogP contribution in [-0.4, -0.2) is 39.1 Å². The van der Waals surface area contributed by atoms with E-state index in [0.29, 0.717) is 23.7 Å². The quantitative estimate of drug-likeness (QED) is 0.764. The highest BCUT2D eigenvalue weighted by Crippen LogP contribution is 2.21. The van der Waals surface area contributed by atoms with E-state index in [-0.39, 0.29) is 17.8 Å². The second-order valence-corrected chi connectivity index (χ2v) is 5.85. The molecule has 1 saturated heterocycles. The molecular weight excluding hydrogens is 325 g/mol. The number of halogens is 1. The van der Waals surface area contributed by atoms with Crippen LogP contribution in [0.25, 0.3) is 11.3 Å². The molecule has 3 aromatic rings. The van der Waals surface area contributed by atoms with Gasteiger partial charge in [-0.2, -0.15) is 10.2 Å². The first-order valence-electron chi connectivity index (χ1n) is 7.93. The molecule has 0 unspecified atom stereocenters. The van der Waals surface area contributed by atoms with Crippen molar-refractivity contribution in [1.82, 2.24) is 20.0 Å². The number of nitrogens with zero attached hydrogens (tertiary/aromatic N) is 3. The first kappa shape index (κ1) is 15.5. The minimum Gasteiger partial charge on any atom is -0.379 e. The normalized spacial score (nSPS) is 16.9. The molecule has 8 heteroatoms. The summed E-state index contributed by atoms with van der Waals surface area (Å²) in [6.07, 6.45) is 4.30. The van der Waals surface area contributed by atoms with E-state index in [2.05, 4.69) is 20.6 Å². The van der Waals surface area contributed by atoms with Crippen molar-refractivity contribution < 1.29 is 13.9 Å². The SMILES string of the molecule is O=C(Nc1cnn([C@@H]2CCOC2)c1)c1cc(-c2ccc(F)cc2)n[nH]1. The number of nitrogens with one attached hydrogen (secondary N) is 2. The fourth-order valence-electron chi connectivity index (χ4n) is 2.74. The number of amides is 1. The summed E-state index contributed by atoms with van der Waals surface area (Å²) in [6.45, 7) is 1.36. The lowest BCUT2D eigenvalue weighted by molar-refractivity contribution is 0.102. The molecule has 1 atom stereocenters. The van der Waals surface area contributed by atoms with E-state index >= 15 is 0 Å². The number of aromatic amines is 1. The third-order valence-corrected chi connectivity index (χ3v) is 4.10. The average Bonchev–Trinajstić information content (AvgIpc) is 3.36. The van der Waals surface area contributed by atoms with Crippen molar-refractivity contribution in [3.8, 4) is 11.3 Å². The van der Waals surface area contributed by atoms with Crippen molar-refractivity contribution in [2.75, 3.05) is 18.5 Å². The van der Waals surface area contributed by atoms with Gasteiger partial charge in [0.1, 0.15) is 11.5 Å². The maximum Gasteiger partial charge on any atom is 0.273 e. The third kappa shape index (κ3) is 3.29. The molecule has 1 aromatic carbocycles. The average molecular weight is 341 g/mol. The Hall–Kier alpha value is -3.00. The molecule has 1 fully saturated rings. The van der Waals surface area contributed by atoms with Gasteiger partial charge in [-0.15, -0.1) is 0 Å². The Morgan fingerprint density at radius 3 is 2.96 bits per heavy atom. The summed E-state index contributed by atoms with van der Waals surface area (Å²) in [4.78, 5) is 12.3. The van der Waals surface area contributed by atoms with Gasteiger partial charge in [-0.25, -0.2) is 4.39 Å². The molecule has 2 N–H and O–H groups in total. The first-order chi connectivity index (χ1) is 12.2. The Morgan fingerprint density at radius 1 is 1.36 bits per heavy atom. The van der Waals surface area contributed by atoms with Crippen molar-refractivity contribution >= 4 is 11.6 Å². The molecule has 1 amide bonds. The third-order valence-electron chi connectivity index (χ3n) is 4.10.